The van der Waals surface area contributed by atoms with Crippen LogP contribution in [-0.2, 0) is 11.3 Å². The molecule has 30 heavy (non-hydrogen) atoms. The largest absolute Gasteiger partial charge is 0.322 e. The first-order chi connectivity index (χ1) is 14.6. The van der Waals surface area contributed by atoms with Crippen LogP contribution >= 0.6 is 22.9 Å². The molecule has 1 saturated heterocycles. The highest BCUT2D eigenvalue weighted by Gasteiger charge is 2.20. The van der Waals surface area contributed by atoms with Crippen molar-refractivity contribution in [1.29, 1.82) is 0 Å². The lowest BCUT2D eigenvalue weighted by molar-refractivity contribution is -0.117. The Hall–Kier alpha value is -2.32. The molecule has 156 valence electrons. The third-order valence-electron chi connectivity index (χ3n) is 4.99. The number of carbonyl (C=O) groups excluding carboxylic acids is 1. The van der Waals surface area contributed by atoms with Crippen molar-refractivity contribution in [1.82, 2.24) is 14.8 Å². The lowest BCUT2D eigenvalue weighted by Crippen LogP contribution is -2.48. The molecule has 0 spiro atoms. The van der Waals surface area contributed by atoms with E-state index in [0.29, 0.717) is 5.02 Å². The molecule has 0 unspecified atom stereocenters. The maximum atomic E-state index is 13.8. The molecular formula is C22H22ClFN4OS. The van der Waals surface area contributed by atoms with Crippen LogP contribution in [0.4, 0.5) is 10.1 Å². The topological polar surface area (TPSA) is 48.5 Å². The summed E-state index contributed by atoms with van der Waals surface area (Å²) >= 11 is 7.53. The van der Waals surface area contributed by atoms with Crippen LogP contribution in [-0.4, -0.2) is 53.4 Å². The number of hydrogen-bond donors (Lipinski definition) is 1. The molecule has 3 aromatic rings. The summed E-state index contributed by atoms with van der Waals surface area (Å²) in [6, 6.07) is 14.3. The van der Waals surface area contributed by atoms with E-state index in [4.69, 9.17) is 16.6 Å². The van der Waals surface area contributed by atoms with Crippen molar-refractivity contribution in [3.05, 3.63) is 70.4 Å². The van der Waals surface area contributed by atoms with Gasteiger partial charge in [-0.2, -0.15) is 0 Å². The average Bonchev–Trinajstić information content (AvgIpc) is 3.21. The highest BCUT2D eigenvalue weighted by Crippen LogP contribution is 2.24. The molecule has 1 aliphatic rings. The Morgan fingerprint density at radius 3 is 2.60 bits per heavy atom. The zero-order chi connectivity index (χ0) is 20.9. The van der Waals surface area contributed by atoms with Crippen LogP contribution in [0.25, 0.3) is 10.6 Å². The smallest absolute Gasteiger partial charge is 0.238 e. The molecule has 0 radical (unpaired) electrons. The number of nitrogens with one attached hydrogen (secondary N) is 1. The van der Waals surface area contributed by atoms with Gasteiger partial charge in [-0.15, -0.1) is 11.3 Å². The predicted molar refractivity (Wildman–Crippen MR) is 119 cm³/mol. The molecule has 2 aromatic carbocycles. The minimum absolute atomic E-state index is 0.115. The number of hydrogen-bond acceptors (Lipinski definition) is 5. The van der Waals surface area contributed by atoms with Crippen molar-refractivity contribution in [2.75, 3.05) is 38.0 Å². The Morgan fingerprint density at radius 2 is 1.83 bits per heavy atom. The summed E-state index contributed by atoms with van der Waals surface area (Å²) in [5, 5.41) is 6.14. The van der Waals surface area contributed by atoms with Gasteiger partial charge in [0.05, 0.1) is 17.9 Å². The number of thiazole rings is 1. The fraction of sp³-hybridized carbons (Fsp3) is 0.273. The molecule has 0 bridgehead atoms. The van der Waals surface area contributed by atoms with Crippen molar-refractivity contribution in [3.8, 4) is 10.6 Å². The highest BCUT2D eigenvalue weighted by molar-refractivity contribution is 7.13. The van der Waals surface area contributed by atoms with Gasteiger partial charge in [0.15, 0.2) is 0 Å². The Morgan fingerprint density at radius 1 is 1.10 bits per heavy atom. The zero-order valence-corrected chi connectivity index (χ0v) is 17.9. The van der Waals surface area contributed by atoms with E-state index in [1.165, 1.54) is 18.2 Å². The molecule has 0 atom stereocenters. The van der Waals surface area contributed by atoms with Gasteiger partial charge in [-0.3, -0.25) is 14.6 Å². The van der Waals surface area contributed by atoms with Gasteiger partial charge in [0.1, 0.15) is 10.8 Å². The Kier molecular flexibility index (Phi) is 6.74. The fourth-order valence-electron chi connectivity index (χ4n) is 3.41. The number of halogens is 2. The first kappa shape index (κ1) is 20.9. The third-order valence-corrected chi connectivity index (χ3v) is 6.17. The molecule has 0 aliphatic carbocycles. The maximum absolute atomic E-state index is 13.8. The second-order valence-corrected chi connectivity index (χ2v) is 8.53. The summed E-state index contributed by atoms with van der Waals surface area (Å²) in [5.41, 5.74) is 2.33. The lowest BCUT2D eigenvalue weighted by atomic mass is 10.2. The van der Waals surface area contributed by atoms with E-state index in [-0.39, 0.29) is 18.1 Å². The van der Waals surface area contributed by atoms with Gasteiger partial charge < -0.3 is 5.32 Å². The SMILES string of the molecule is O=C(CN1CCN(Cc2csc(-c3ccccc3)n2)CC1)Nc1cc(Cl)ccc1F. The fourth-order valence-corrected chi connectivity index (χ4v) is 4.40. The minimum Gasteiger partial charge on any atom is -0.322 e. The molecule has 1 fully saturated rings. The lowest BCUT2D eigenvalue weighted by Gasteiger charge is -2.33. The summed E-state index contributed by atoms with van der Waals surface area (Å²) in [7, 11) is 0. The van der Waals surface area contributed by atoms with Crippen molar-refractivity contribution in [2.45, 2.75) is 6.54 Å². The summed E-state index contributed by atoms with van der Waals surface area (Å²) in [4.78, 5) is 21.4. The maximum Gasteiger partial charge on any atom is 0.238 e. The molecule has 2 heterocycles. The molecule has 8 heteroatoms. The third kappa shape index (κ3) is 5.43. The summed E-state index contributed by atoms with van der Waals surface area (Å²) in [6.45, 7) is 4.31. The molecule has 1 amide bonds. The van der Waals surface area contributed by atoms with Crippen molar-refractivity contribution < 1.29 is 9.18 Å². The number of piperazine rings is 1. The average molecular weight is 445 g/mol. The molecule has 0 saturated carbocycles. The first-order valence-corrected chi connectivity index (χ1v) is 11.0. The molecule has 5 nitrogen and oxygen atoms in total. The predicted octanol–water partition coefficient (Wildman–Crippen LogP) is 4.36. The van der Waals surface area contributed by atoms with Gasteiger partial charge in [-0.1, -0.05) is 41.9 Å². The van der Waals surface area contributed by atoms with E-state index >= 15 is 0 Å². The number of amides is 1. The van der Waals surface area contributed by atoms with Crippen LogP contribution in [0.2, 0.25) is 5.02 Å². The van der Waals surface area contributed by atoms with E-state index in [1.807, 2.05) is 18.2 Å². The van der Waals surface area contributed by atoms with E-state index in [1.54, 1.807) is 11.3 Å². The van der Waals surface area contributed by atoms with E-state index in [9.17, 15) is 9.18 Å². The summed E-state index contributed by atoms with van der Waals surface area (Å²) < 4.78 is 13.8. The monoisotopic (exact) mass is 444 g/mol. The Balaban J connectivity index is 1.25. The van der Waals surface area contributed by atoms with Crippen molar-refractivity contribution in [3.63, 3.8) is 0 Å². The standard InChI is InChI=1S/C22H22ClFN4OS/c23-17-6-7-19(24)20(12-17)26-21(29)14-28-10-8-27(9-11-28)13-18-15-30-22(25-18)16-4-2-1-3-5-16/h1-7,12,15H,8-11,13-14H2,(H,26,29). The van der Waals surface area contributed by atoms with Crippen LogP contribution in [0.1, 0.15) is 5.69 Å². The van der Waals surface area contributed by atoms with E-state index < -0.39 is 5.82 Å². The number of anilines is 1. The molecule has 4 rings (SSSR count). The van der Waals surface area contributed by atoms with Crippen LogP contribution in [0, 0.1) is 5.82 Å². The van der Waals surface area contributed by atoms with Gasteiger partial charge in [0, 0.05) is 48.7 Å². The van der Waals surface area contributed by atoms with Gasteiger partial charge in [0.2, 0.25) is 5.91 Å². The molecule has 1 aromatic heterocycles. The number of carbonyl (C=O) groups is 1. The van der Waals surface area contributed by atoms with Crippen LogP contribution in [0.5, 0.6) is 0 Å². The number of rotatable bonds is 6. The summed E-state index contributed by atoms with van der Waals surface area (Å²) in [6.07, 6.45) is 0. The van der Waals surface area contributed by atoms with Gasteiger partial charge in [0.25, 0.3) is 0 Å². The van der Waals surface area contributed by atoms with Crippen molar-refractivity contribution >= 4 is 34.5 Å². The van der Waals surface area contributed by atoms with Crippen LogP contribution < -0.4 is 5.32 Å². The molecule has 1 N–H and O–H groups in total. The number of nitrogens with zero attached hydrogens (tertiary/aromatic N) is 3. The molecule has 1 aliphatic heterocycles. The second-order valence-electron chi connectivity index (χ2n) is 7.23. The van der Waals surface area contributed by atoms with Gasteiger partial charge in [-0.05, 0) is 18.2 Å². The Labute approximate surface area is 184 Å². The number of benzene rings is 2. The molecular weight excluding hydrogens is 423 g/mol. The van der Waals surface area contributed by atoms with Crippen molar-refractivity contribution in [2.24, 2.45) is 0 Å². The van der Waals surface area contributed by atoms with Gasteiger partial charge in [-0.25, -0.2) is 9.37 Å². The summed E-state index contributed by atoms with van der Waals surface area (Å²) in [5.74, 6) is -0.729. The highest BCUT2D eigenvalue weighted by atomic mass is 35.5. The van der Waals surface area contributed by atoms with Crippen LogP contribution in [0.15, 0.2) is 53.9 Å². The Bertz CT molecular complexity index is 1010. The van der Waals surface area contributed by atoms with Gasteiger partial charge >= 0.3 is 0 Å². The normalized spacial score (nSPS) is 15.3. The van der Waals surface area contributed by atoms with E-state index in [2.05, 4.69) is 32.6 Å². The van der Waals surface area contributed by atoms with E-state index in [0.717, 1.165) is 49.0 Å². The quantitative estimate of drug-likeness (QED) is 0.613. The number of aromatic nitrogens is 1. The first-order valence-electron chi connectivity index (χ1n) is 9.76. The minimum atomic E-state index is -0.490. The zero-order valence-electron chi connectivity index (χ0n) is 16.4. The van der Waals surface area contributed by atoms with Crippen LogP contribution in [0.3, 0.4) is 0 Å². The second kappa shape index (κ2) is 9.66.